The van der Waals surface area contributed by atoms with Crippen molar-refractivity contribution in [2.45, 2.75) is 19.4 Å². The molecule has 0 spiro atoms. The maximum Gasteiger partial charge on any atom is 0.248 e. The van der Waals surface area contributed by atoms with Gasteiger partial charge < -0.3 is 11.1 Å². The molecule has 1 unspecified atom stereocenters. The van der Waals surface area contributed by atoms with E-state index in [4.69, 9.17) is 5.73 Å². The molecule has 19 heavy (non-hydrogen) atoms. The molecule has 4 heteroatoms. The van der Waals surface area contributed by atoms with Crippen molar-refractivity contribution in [2.75, 3.05) is 5.32 Å². The lowest BCUT2D eigenvalue weighted by Crippen LogP contribution is -2.45. The number of amides is 1. The first-order valence-corrected chi connectivity index (χ1v) is 6.08. The molecular weight excluding hydrogens is 238 g/mol. The van der Waals surface area contributed by atoms with Crippen molar-refractivity contribution in [1.82, 2.24) is 4.98 Å². The number of pyridine rings is 1. The van der Waals surface area contributed by atoms with Gasteiger partial charge in [0.25, 0.3) is 0 Å². The number of carbonyl (C=O) groups excluding carboxylic acids is 1. The number of aromatic nitrogens is 1. The van der Waals surface area contributed by atoms with E-state index in [1.54, 1.807) is 19.3 Å². The smallest absolute Gasteiger partial charge is 0.248 e. The van der Waals surface area contributed by atoms with E-state index < -0.39 is 5.54 Å². The molecule has 0 saturated heterocycles. The zero-order valence-corrected chi connectivity index (χ0v) is 11.1. The van der Waals surface area contributed by atoms with Crippen molar-refractivity contribution in [2.24, 2.45) is 5.73 Å². The van der Waals surface area contributed by atoms with Crippen molar-refractivity contribution in [3.8, 4) is 0 Å². The van der Waals surface area contributed by atoms with Gasteiger partial charge in [0.2, 0.25) is 5.91 Å². The van der Waals surface area contributed by atoms with Crippen LogP contribution in [0, 0.1) is 6.92 Å². The Balaban J connectivity index is 2.23. The third-order valence-electron chi connectivity index (χ3n) is 3.13. The summed E-state index contributed by atoms with van der Waals surface area (Å²) in [5, 5.41) is 2.82. The largest absolute Gasteiger partial charge is 0.323 e. The van der Waals surface area contributed by atoms with Gasteiger partial charge in [-0.15, -0.1) is 0 Å². The van der Waals surface area contributed by atoms with Gasteiger partial charge in [-0.1, -0.05) is 30.3 Å². The van der Waals surface area contributed by atoms with Crippen LogP contribution in [0.3, 0.4) is 0 Å². The van der Waals surface area contributed by atoms with Crippen molar-refractivity contribution in [3.63, 3.8) is 0 Å². The summed E-state index contributed by atoms with van der Waals surface area (Å²) in [7, 11) is 0. The van der Waals surface area contributed by atoms with Crippen LogP contribution < -0.4 is 11.1 Å². The summed E-state index contributed by atoms with van der Waals surface area (Å²) in [6.45, 7) is 3.61. The van der Waals surface area contributed by atoms with Crippen LogP contribution in [0.15, 0.2) is 48.8 Å². The van der Waals surface area contributed by atoms with E-state index in [9.17, 15) is 4.79 Å². The van der Waals surface area contributed by atoms with Crippen LogP contribution >= 0.6 is 0 Å². The van der Waals surface area contributed by atoms with Gasteiger partial charge in [0, 0.05) is 6.20 Å². The second-order valence-electron chi connectivity index (χ2n) is 4.71. The fourth-order valence-electron chi connectivity index (χ4n) is 1.76. The van der Waals surface area contributed by atoms with E-state index in [1.165, 1.54) is 0 Å². The highest BCUT2D eigenvalue weighted by Crippen LogP contribution is 2.20. The van der Waals surface area contributed by atoms with Crippen molar-refractivity contribution in [3.05, 3.63) is 59.9 Å². The Morgan fingerprint density at radius 2 is 1.95 bits per heavy atom. The second kappa shape index (κ2) is 5.20. The molecule has 0 radical (unpaired) electrons. The minimum absolute atomic E-state index is 0.255. The van der Waals surface area contributed by atoms with Gasteiger partial charge in [-0.05, 0) is 31.0 Å². The minimum atomic E-state index is -1.08. The molecule has 0 aliphatic carbocycles. The number of hydrogen-bond donors (Lipinski definition) is 2. The summed E-state index contributed by atoms with van der Waals surface area (Å²) in [5.41, 5.74) is 7.47. The highest BCUT2D eigenvalue weighted by Gasteiger charge is 2.30. The predicted molar refractivity (Wildman–Crippen MR) is 75.6 cm³/mol. The number of benzene rings is 1. The van der Waals surface area contributed by atoms with Gasteiger partial charge in [-0.3, -0.25) is 9.78 Å². The number of rotatable bonds is 3. The van der Waals surface area contributed by atoms with Crippen molar-refractivity contribution >= 4 is 11.6 Å². The Kier molecular flexibility index (Phi) is 3.62. The standard InChI is InChI=1S/C15H17N3O/c1-11-8-9-17-10-13(11)18-14(19)15(2,16)12-6-4-3-5-7-12/h3-10H,16H2,1-2H3,(H,18,19). The first-order valence-electron chi connectivity index (χ1n) is 6.08. The Hall–Kier alpha value is -2.20. The molecule has 1 heterocycles. The molecule has 1 amide bonds. The third kappa shape index (κ3) is 2.80. The quantitative estimate of drug-likeness (QED) is 0.883. The van der Waals surface area contributed by atoms with Crippen LogP contribution in [-0.4, -0.2) is 10.9 Å². The lowest BCUT2D eigenvalue weighted by atomic mass is 9.92. The van der Waals surface area contributed by atoms with E-state index in [-0.39, 0.29) is 5.91 Å². The molecular formula is C15H17N3O. The first kappa shape index (κ1) is 13.2. The predicted octanol–water partition coefficient (Wildman–Crippen LogP) is 2.20. The lowest BCUT2D eigenvalue weighted by molar-refractivity contribution is -0.120. The molecule has 1 aromatic heterocycles. The first-order chi connectivity index (χ1) is 9.01. The number of nitrogens with two attached hydrogens (primary N) is 1. The monoisotopic (exact) mass is 255 g/mol. The number of hydrogen-bond acceptors (Lipinski definition) is 3. The summed E-state index contributed by atoms with van der Waals surface area (Å²) in [5.74, 6) is -0.255. The molecule has 2 rings (SSSR count). The highest BCUT2D eigenvalue weighted by molar-refractivity contribution is 5.98. The SMILES string of the molecule is Cc1ccncc1NC(=O)C(C)(N)c1ccccc1. The fraction of sp³-hybridized carbons (Fsp3) is 0.200. The highest BCUT2D eigenvalue weighted by atomic mass is 16.2. The summed E-state index contributed by atoms with van der Waals surface area (Å²) in [6, 6.07) is 11.1. The van der Waals surface area contributed by atoms with Crippen LogP contribution in [0.2, 0.25) is 0 Å². The minimum Gasteiger partial charge on any atom is -0.323 e. The summed E-state index contributed by atoms with van der Waals surface area (Å²) < 4.78 is 0. The number of carbonyl (C=O) groups is 1. The van der Waals surface area contributed by atoms with Gasteiger partial charge in [0.05, 0.1) is 11.9 Å². The Morgan fingerprint density at radius 3 is 2.58 bits per heavy atom. The molecule has 0 aliphatic rings. The lowest BCUT2D eigenvalue weighted by Gasteiger charge is -2.24. The zero-order valence-electron chi connectivity index (χ0n) is 11.1. The Labute approximate surface area is 112 Å². The second-order valence-corrected chi connectivity index (χ2v) is 4.71. The van der Waals surface area contributed by atoms with E-state index in [1.807, 2.05) is 43.3 Å². The molecule has 1 atom stereocenters. The van der Waals surface area contributed by atoms with E-state index in [2.05, 4.69) is 10.3 Å². The molecule has 0 saturated carbocycles. The molecule has 4 nitrogen and oxygen atoms in total. The Bertz CT molecular complexity index is 579. The van der Waals surface area contributed by atoms with Crippen LogP contribution in [0.5, 0.6) is 0 Å². The summed E-state index contributed by atoms with van der Waals surface area (Å²) in [4.78, 5) is 16.3. The molecule has 3 N–H and O–H groups in total. The van der Waals surface area contributed by atoms with Crippen LogP contribution in [0.25, 0.3) is 0 Å². The van der Waals surface area contributed by atoms with Crippen molar-refractivity contribution < 1.29 is 4.79 Å². The average molecular weight is 255 g/mol. The normalized spacial score (nSPS) is 13.6. The van der Waals surface area contributed by atoms with Crippen LogP contribution in [-0.2, 0) is 10.3 Å². The number of aryl methyl sites for hydroxylation is 1. The molecule has 1 aromatic carbocycles. The van der Waals surface area contributed by atoms with Gasteiger partial charge in [0.15, 0.2) is 0 Å². The molecule has 2 aromatic rings. The average Bonchev–Trinajstić information content (AvgIpc) is 2.42. The molecule has 0 aliphatic heterocycles. The fourth-order valence-corrected chi connectivity index (χ4v) is 1.76. The topological polar surface area (TPSA) is 68.0 Å². The maximum absolute atomic E-state index is 12.3. The van der Waals surface area contributed by atoms with E-state index >= 15 is 0 Å². The van der Waals surface area contributed by atoms with Gasteiger partial charge >= 0.3 is 0 Å². The van der Waals surface area contributed by atoms with Gasteiger partial charge in [-0.2, -0.15) is 0 Å². The molecule has 98 valence electrons. The van der Waals surface area contributed by atoms with Gasteiger partial charge in [-0.25, -0.2) is 0 Å². The number of anilines is 1. The van der Waals surface area contributed by atoms with Crippen molar-refractivity contribution in [1.29, 1.82) is 0 Å². The number of nitrogens with one attached hydrogen (secondary N) is 1. The van der Waals surface area contributed by atoms with E-state index in [0.717, 1.165) is 11.1 Å². The molecule has 0 fully saturated rings. The maximum atomic E-state index is 12.3. The Morgan fingerprint density at radius 1 is 1.26 bits per heavy atom. The molecule has 0 bridgehead atoms. The van der Waals surface area contributed by atoms with Crippen LogP contribution in [0.4, 0.5) is 5.69 Å². The third-order valence-corrected chi connectivity index (χ3v) is 3.13. The number of nitrogens with zero attached hydrogens (tertiary/aromatic N) is 1. The summed E-state index contributed by atoms with van der Waals surface area (Å²) >= 11 is 0. The zero-order chi connectivity index (χ0) is 13.9. The summed E-state index contributed by atoms with van der Waals surface area (Å²) in [6.07, 6.45) is 3.30. The van der Waals surface area contributed by atoms with Gasteiger partial charge in [0.1, 0.15) is 5.54 Å². The van der Waals surface area contributed by atoms with E-state index in [0.29, 0.717) is 5.69 Å². The van der Waals surface area contributed by atoms with Crippen LogP contribution in [0.1, 0.15) is 18.1 Å².